The third kappa shape index (κ3) is 1.69. The molecule has 1 unspecified atom stereocenters. The lowest BCUT2D eigenvalue weighted by molar-refractivity contribution is 0.573. The minimum absolute atomic E-state index is 0.190. The van der Waals surface area contributed by atoms with Gasteiger partial charge in [0.2, 0.25) is 0 Å². The summed E-state index contributed by atoms with van der Waals surface area (Å²) in [5.74, 6) is 0. The number of fused-ring (bicyclic) bond motifs is 1. The number of rotatable bonds is 1. The molecule has 2 aromatic rings. The highest BCUT2D eigenvalue weighted by Crippen LogP contribution is 2.36. The van der Waals surface area contributed by atoms with Gasteiger partial charge in [-0.1, -0.05) is 0 Å². The first-order valence-electron chi connectivity index (χ1n) is 5.41. The van der Waals surface area contributed by atoms with Gasteiger partial charge in [0.1, 0.15) is 10.7 Å². The van der Waals surface area contributed by atoms with Crippen LogP contribution in [-0.4, -0.2) is 9.97 Å². The second-order valence-corrected chi connectivity index (χ2v) is 6.17. The van der Waals surface area contributed by atoms with Crippen LogP contribution >= 0.6 is 22.7 Å². The molecule has 0 saturated carbocycles. The van der Waals surface area contributed by atoms with Crippen LogP contribution in [0.2, 0.25) is 0 Å². The molecule has 0 spiro atoms. The Labute approximate surface area is 102 Å². The zero-order valence-electron chi connectivity index (χ0n) is 9.06. The van der Waals surface area contributed by atoms with Crippen molar-refractivity contribution in [1.82, 2.24) is 9.97 Å². The number of nitrogens with two attached hydrogens (primary N) is 1. The van der Waals surface area contributed by atoms with Gasteiger partial charge in [0, 0.05) is 16.3 Å². The van der Waals surface area contributed by atoms with Crippen LogP contribution in [0, 0.1) is 6.92 Å². The molecule has 2 heterocycles. The summed E-state index contributed by atoms with van der Waals surface area (Å²) in [6.07, 6.45) is 3.32. The SMILES string of the molecule is Cc1nc(-c2nc3c(s2)C(N)CCC3)cs1. The largest absolute Gasteiger partial charge is 0.323 e. The lowest BCUT2D eigenvalue weighted by Gasteiger charge is -2.15. The van der Waals surface area contributed by atoms with Crippen LogP contribution in [0.4, 0.5) is 0 Å². The van der Waals surface area contributed by atoms with Gasteiger partial charge < -0.3 is 5.73 Å². The first-order chi connectivity index (χ1) is 7.74. The number of aryl methyl sites for hydroxylation is 2. The maximum Gasteiger partial charge on any atom is 0.143 e. The van der Waals surface area contributed by atoms with Crippen molar-refractivity contribution in [1.29, 1.82) is 0 Å². The van der Waals surface area contributed by atoms with E-state index >= 15 is 0 Å². The molecule has 0 fully saturated rings. The van der Waals surface area contributed by atoms with Gasteiger partial charge in [-0.15, -0.1) is 22.7 Å². The maximum atomic E-state index is 6.10. The lowest BCUT2D eigenvalue weighted by Crippen LogP contribution is -2.15. The average Bonchev–Trinajstić information content (AvgIpc) is 2.84. The summed E-state index contributed by atoms with van der Waals surface area (Å²) >= 11 is 3.39. The van der Waals surface area contributed by atoms with Crippen molar-refractivity contribution < 1.29 is 0 Å². The smallest absolute Gasteiger partial charge is 0.143 e. The molecule has 0 bridgehead atoms. The fourth-order valence-corrected chi connectivity index (χ4v) is 3.80. The molecule has 0 radical (unpaired) electrons. The topological polar surface area (TPSA) is 51.8 Å². The molecule has 1 aliphatic carbocycles. The van der Waals surface area contributed by atoms with Gasteiger partial charge in [-0.05, 0) is 26.2 Å². The van der Waals surface area contributed by atoms with Crippen LogP contribution < -0.4 is 5.73 Å². The first kappa shape index (κ1) is 10.4. The van der Waals surface area contributed by atoms with Gasteiger partial charge in [0.05, 0.1) is 10.7 Å². The second kappa shape index (κ2) is 3.91. The monoisotopic (exact) mass is 251 g/mol. The van der Waals surface area contributed by atoms with E-state index in [2.05, 4.69) is 15.3 Å². The van der Waals surface area contributed by atoms with Gasteiger partial charge in [0.25, 0.3) is 0 Å². The van der Waals surface area contributed by atoms with Crippen molar-refractivity contribution in [3.63, 3.8) is 0 Å². The standard InChI is InChI=1S/C11H13N3S2/c1-6-13-9(5-15-6)11-14-8-4-2-3-7(12)10(8)16-11/h5,7H,2-4,12H2,1H3. The molecule has 0 aliphatic heterocycles. The predicted octanol–water partition coefficient (Wildman–Crippen LogP) is 2.91. The van der Waals surface area contributed by atoms with Crippen molar-refractivity contribution in [3.8, 4) is 10.7 Å². The average molecular weight is 251 g/mol. The number of nitrogens with zero attached hydrogens (tertiary/aromatic N) is 2. The number of hydrogen-bond donors (Lipinski definition) is 1. The highest BCUT2D eigenvalue weighted by Gasteiger charge is 2.22. The molecular formula is C11H13N3S2. The Morgan fingerprint density at radius 2 is 2.31 bits per heavy atom. The Bertz CT molecular complexity index is 515. The molecular weight excluding hydrogens is 238 g/mol. The summed E-state index contributed by atoms with van der Waals surface area (Å²) in [6.45, 7) is 2.02. The van der Waals surface area contributed by atoms with E-state index in [1.807, 2.05) is 6.92 Å². The van der Waals surface area contributed by atoms with Crippen LogP contribution in [0.3, 0.4) is 0 Å². The van der Waals surface area contributed by atoms with E-state index in [4.69, 9.17) is 5.73 Å². The Morgan fingerprint density at radius 3 is 3.00 bits per heavy atom. The van der Waals surface area contributed by atoms with Crippen LogP contribution in [0.15, 0.2) is 5.38 Å². The minimum Gasteiger partial charge on any atom is -0.323 e. The summed E-state index contributed by atoms with van der Waals surface area (Å²) in [5.41, 5.74) is 8.30. The quantitative estimate of drug-likeness (QED) is 0.848. The van der Waals surface area contributed by atoms with Crippen molar-refractivity contribution in [2.75, 3.05) is 0 Å². The molecule has 5 heteroatoms. The predicted molar refractivity (Wildman–Crippen MR) is 67.8 cm³/mol. The molecule has 0 aromatic carbocycles. The van der Waals surface area contributed by atoms with Crippen molar-refractivity contribution in [2.45, 2.75) is 32.2 Å². The van der Waals surface area contributed by atoms with Gasteiger partial charge in [-0.2, -0.15) is 0 Å². The Hall–Kier alpha value is -0.780. The third-order valence-corrected chi connectivity index (χ3v) is 4.86. The van der Waals surface area contributed by atoms with Gasteiger partial charge in [-0.3, -0.25) is 0 Å². The van der Waals surface area contributed by atoms with E-state index in [-0.39, 0.29) is 6.04 Å². The molecule has 1 aliphatic rings. The van der Waals surface area contributed by atoms with Crippen LogP contribution in [0.5, 0.6) is 0 Å². The fraction of sp³-hybridized carbons (Fsp3) is 0.455. The van der Waals surface area contributed by atoms with Gasteiger partial charge in [-0.25, -0.2) is 9.97 Å². The van der Waals surface area contributed by atoms with E-state index in [1.54, 1.807) is 22.7 Å². The molecule has 2 N–H and O–H groups in total. The van der Waals surface area contributed by atoms with E-state index in [1.165, 1.54) is 10.6 Å². The number of thiazole rings is 2. The van der Waals surface area contributed by atoms with E-state index in [9.17, 15) is 0 Å². The molecule has 84 valence electrons. The fourth-order valence-electron chi connectivity index (χ4n) is 2.02. The molecule has 0 amide bonds. The van der Waals surface area contributed by atoms with Gasteiger partial charge in [0.15, 0.2) is 0 Å². The summed E-state index contributed by atoms with van der Waals surface area (Å²) in [5, 5.41) is 4.20. The summed E-state index contributed by atoms with van der Waals surface area (Å²) in [7, 11) is 0. The van der Waals surface area contributed by atoms with E-state index in [0.717, 1.165) is 35.0 Å². The molecule has 2 aromatic heterocycles. The molecule has 3 rings (SSSR count). The summed E-state index contributed by atoms with van der Waals surface area (Å²) in [6, 6.07) is 0.190. The highest BCUT2D eigenvalue weighted by molar-refractivity contribution is 7.15. The van der Waals surface area contributed by atoms with Crippen molar-refractivity contribution >= 4 is 22.7 Å². The number of hydrogen-bond acceptors (Lipinski definition) is 5. The van der Waals surface area contributed by atoms with E-state index in [0.29, 0.717) is 0 Å². The normalized spacial score (nSPS) is 19.8. The second-order valence-electron chi connectivity index (χ2n) is 4.08. The van der Waals surface area contributed by atoms with E-state index < -0.39 is 0 Å². The number of aromatic nitrogens is 2. The zero-order valence-corrected chi connectivity index (χ0v) is 10.7. The molecule has 0 saturated heterocycles. The Kier molecular flexibility index (Phi) is 2.53. The first-order valence-corrected chi connectivity index (χ1v) is 7.11. The molecule has 1 atom stereocenters. The van der Waals surface area contributed by atoms with Gasteiger partial charge >= 0.3 is 0 Å². The Morgan fingerprint density at radius 1 is 1.44 bits per heavy atom. The molecule has 3 nitrogen and oxygen atoms in total. The van der Waals surface area contributed by atoms with Crippen LogP contribution in [0.1, 0.15) is 34.5 Å². The summed E-state index contributed by atoms with van der Waals surface area (Å²) < 4.78 is 0. The lowest BCUT2D eigenvalue weighted by atomic mass is 9.99. The van der Waals surface area contributed by atoms with Crippen LogP contribution in [-0.2, 0) is 6.42 Å². The third-order valence-electron chi connectivity index (χ3n) is 2.83. The van der Waals surface area contributed by atoms with Crippen molar-refractivity contribution in [2.24, 2.45) is 5.73 Å². The highest BCUT2D eigenvalue weighted by atomic mass is 32.1. The Balaban J connectivity index is 2.04. The minimum atomic E-state index is 0.190. The maximum absolute atomic E-state index is 6.10. The van der Waals surface area contributed by atoms with Crippen LogP contribution in [0.25, 0.3) is 10.7 Å². The molecule has 16 heavy (non-hydrogen) atoms. The summed E-state index contributed by atoms with van der Waals surface area (Å²) in [4.78, 5) is 10.4. The van der Waals surface area contributed by atoms with Crippen molar-refractivity contribution in [3.05, 3.63) is 21.0 Å². The zero-order chi connectivity index (χ0) is 11.1.